The fraction of sp³-hybridized carbons (Fsp3) is 0.222. The molecule has 1 saturated heterocycles. The van der Waals surface area contributed by atoms with E-state index in [2.05, 4.69) is 12.6 Å². The van der Waals surface area contributed by atoms with Crippen LogP contribution in [0.15, 0.2) is 24.3 Å². The Labute approximate surface area is 141 Å². The van der Waals surface area contributed by atoms with Gasteiger partial charge in [-0.2, -0.15) is 12.6 Å². The third-order valence-corrected chi connectivity index (χ3v) is 4.05. The molecule has 2 rings (SSSR count). The molecule has 2 unspecified atom stereocenters. The zero-order valence-corrected chi connectivity index (χ0v) is 13.7. The first kappa shape index (κ1) is 16.1. The fourth-order valence-corrected chi connectivity index (χ4v) is 2.35. The SMILES string of the molecule is O=C1C(Cl)C([S-])(S)N1c1cccc([N+](=O)[O-])c1.[Na+]. The van der Waals surface area contributed by atoms with E-state index in [9.17, 15) is 14.9 Å². The van der Waals surface area contributed by atoms with E-state index < -0.39 is 20.4 Å². The molecule has 1 aliphatic heterocycles. The van der Waals surface area contributed by atoms with Crippen molar-refractivity contribution in [3.63, 3.8) is 0 Å². The number of nitro groups is 1. The molecule has 1 heterocycles. The van der Waals surface area contributed by atoms with E-state index in [0.717, 1.165) is 4.90 Å². The maximum Gasteiger partial charge on any atom is 1.00 e. The van der Waals surface area contributed by atoms with E-state index in [1.165, 1.54) is 18.2 Å². The number of β-lactam (4-membered cyclic amide) rings is 1. The molecular formula is C9H6ClN2NaO3S2. The maximum absolute atomic E-state index is 11.6. The minimum atomic E-state index is -1.24. The number of rotatable bonds is 2. The Morgan fingerprint density at radius 3 is 2.67 bits per heavy atom. The van der Waals surface area contributed by atoms with Crippen LogP contribution in [0.3, 0.4) is 0 Å². The van der Waals surface area contributed by atoms with Gasteiger partial charge < -0.3 is 17.5 Å². The molecule has 9 heteroatoms. The predicted molar refractivity (Wildman–Crippen MR) is 69.3 cm³/mol. The van der Waals surface area contributed by atoms with Gasteiger partial charge in [-0.25, -0.2) is 0 Å². The molecule has 0 bridgehead atoms. The van der Waals surface area contributed by atoms with Crippen molar-refractivity contribution in [1.82, 2.24) is 0 Å². The van der Waals surface area contributed by atoms with Crippen molar-refractivity contribution >= 4 is 54.1 Å². The Bertz CT molecular complexity index is 514. The van der Waals surface area contributed by atoms with Gasteiger partial charge in [0.1, 0.15) is 5.38 Å². The van der Waals surface area contributed by atoms with Crippen LogP contribution in [0, 0.1) is 10.1 Å². The van der Waals surface area contributed by atoms with Crippen LogP contribution < -0.4 is 34.5 Å². The van der Waals surface area contributed by atoms with Gasteiger partial charge in [0, 0.05) is 17.8 Å². The van der Waals surface area contributed by atoms with Crippen LogP contribution >= 0.6 is 24.2 Å². The number of nitro benzene ring substituents is 1. The summed E-state index contributed by atoms with van der Waals surface area (Å²) in [5.74, 6) is -0.405. The number of carbonyl (C=O) groups is 1. The fourth-order valence-electron chi connectivity index (χ4n) is 1.54. The van der Waals surface area contributed by atoms with Gasteiger partial charge in [-0.05, 0) is 10.3 Å². The van der Waals surface area contributed by atoms with E-state index in [1.54, 1.807) is 6.07 Å². The van der Waals surface area contributed by atoms with Crippen molar-refractivity contribution in [2.75, 3.05) is 4.90 Å². The number of carbonyl (C=O) groups excluding carboxylic acids is 1. The first-order valence-electron chi connectivity index (χ1n) is 4.51. The third kappa shape index (κ3) is 2.52. The normalized spacial score (nSPS) is 26.3. The second kappa shape index (κ2) is 5.60. The second-order valence-corrected chi connectivity index (χ2v) is 5.51. The third-order valence-electron chi connectivity index (χ3n) is 2.39. The number of anilines is 1. The average Bonchev–Trinajstić information content (AvgIpc) is 2.28. The molecule has 2 atom stereocenters. The van der Waals surface area contributed by atoms with E-state index in [1.807, 2.05) is 0 Å². The number of hydrogen-bond donors (Lipinski definition) is 1. The Morgan fingerprint density at radius 1 is 1.56 bits per heavy atom. The Kier molecular flexibility index (Phi) is 5.02. The molecule has 18 heavy (non-hydrogen) atoms. The molecule has 0 saturated carbocycles. The molecule has 0 aromatic heterocycles. The average molecular weight is 313 g/mol. The predicted octanol–water partition coefficient (Wildman–Crippen LogP) is -1.32. The van der Waals surface area contributed by atoms with Gasteiger partial charge in [0.2, 0.25) is 5.91 Å². The number of non-ortho nitro benzene ring substituents is 1. The molecular weight excluding hydrogens is 307 g/mol. The number of benzene rings is 1. The maximum atomic E-state index is 11.6. The van der Waals surface area contributed by atoms with E-state index in [4.69, 9.17) is 24.2 Å². The van der Waals surface area contributed by atoms with Crippen molar-refractivity contribution in [3.8, 4) is 0 Å². The Morgan fingerprint density at radius 2 is 2.17 bits per heavy atom. The van der Waals surface area contributed by atoms with E-state index in [-0.39, 0.29) is 35.2 Å². The quantitative estimate of drug-likeness (QED) is 0.140. The molecule has 1 fully saturated rings. The molecule has 0 spiro atoms. The number of nitrogens with zero attached hydrogens (tertiary/aromatic N) is 2. The number of hydrogen-bond acceptors (Lipinski definition) is 5. The minimum Gasteiger partial charge on any atom is -0.751 e. The van der Waals surface area contributed by atoms with Crippen molar-refractivity contribution in [1.29, 1.82) is 0 Å². The topological polar surface area (TPSA) is 63.5 Å². The zero-order chi connectivity index (χ0) is 12.8. The molecule has 1 aromatic carbocycles. The van der Waals surface area contributed by atoms with Crippen LogP contribution in [0.4, 0.5) is 11.4 Å². The molecule has 90 valence electrons. The number of amides is 1. The van der Waals surface area contributed by atoms with Crippen LogP contribution in [-0.2, 0) is 17.4 Å². The second-order valence-electron chi connectivity index (χ2n) is 3.47. The van der Waals surface area contributed by atoms with Gasteiger partial charge in [-0.1, -0.05) is 6.07 Å². The summed E-state index contributed by atoms with van der Waals surface area (Å²) in [6.45, 7) is 0. The summed E-state index contributed by atoms with van der Waals surface area (Å²) in [5, 5.41) is 9.72. The summed E-state index contributed by atoms with van der Waals surface area (Å²) in [5.41, 5.74) is 0.207. The van der Waals surface area contributed by atoms with E-state index >= 15 is 0 Å². The first-order chi connectivity index (χ1) is 7.85. The van der Waals surface area contributed by atoms with Crippen LogP contribution in [0.5, 0.6) is 0 Å². The Hall–Kier alpha value is 0.0800. The van der Waals surface area contributed by atoms with Gasteiger partial charge in [-0.3, -0.25) is 14.9 Å². The van der Waals surface area contributed by atoms with Gasteiger partial charge in [0.15, 0.2) is 0 Å². The minimum absolute atomic E-state index is 0. The van der Waals surface area contributed by atoms with Gasteiger partial charge in [0.05, 0.1) is 4.92 Å². The van der Waals surface area contributed by atoms with Gasteiger partial charge >= 0.3 is 29.6 Å². The molecule has 1 amide bonds. The summed E-state index contributed by atoms with van der Waals surface area (Å²) in [4.78, 5) is 22.8. The Balaban J connectivity index is 0.00000162. The molecule has 0 aliphatic carbocycles. The first-order valence-corrected chi connectivity index (χ1v) is 5.80. The zero-order valence-electron chi connectivity index (χ0n) is 9.24. The molecule has 0 N–H and O–H groups in total. The largest absolute Gasteiger partial charge is 1.00 e. The van der Waals surface area contributed by atoms with Crippen LogP contribution in [0.1, 0.15) is 0 Å². The van der Waals surface area contributed by atoms with Crippen molar-refractivity contribution < 1.29 is 39.3 Å². The van der Waals surface area contributed by atoms with Gasteiger partial charge in [-0.15, -0.1) is 11.6 Å². The summed E-state index contributed by atoms with van der Waals surface area (Å²) in [7, 11) is 0. The standard InChI is InChI=1S/C9H7ClN2O3S2.Na/c10-7-8(13)11(9(7,16)17)5-2-1-3-6(4-5)12(14)15;/h1-4,7,16-17H;/q;+1/p-1. The number of thiol groups is 1. The molecule has 5 nitrogen and oxygen atoms in total. The van der Waals surface area contributed by atoms with E-state index in [0.29, 0.717) is 5.69 Å². The molecule has 1 aliphatic rings. The number of alkyl halides is 1. The van der Waals surface area contributed by atoms with Crippen LogP contribution in [-0.4, -0.2) is 20.4 Å². The van der Waals surface area contributed by atoms with Crippen LogP contribution in [0.2, 0.25) is 0 Å². The van der Waals surface area contributed by atoms with Crippen molar-refractivity contribution in [3.05, 3.63) is 34.4 Å². The number of halogens is 1. The van der Waals surface area contributed by atoms with Gasteiger partial charge in [0.25, 0.3) is 5.69 Å². The summed E-state index contributed by atoms with van der Waals surface area (Å²) in [6.07, 6.45) is 0. The molecule has 0 radical (unpaired) electrons. The monoisotopic (exact) mass is 312 g/mol. The summed E-state index contributed by atoms with van der Waals surface area (Å²) in [6, 6.07) is 5.61. The molecule has 1 aromatic rings. The summed E-state index contributed by atoms with van der Waals surface area (Å²) >= 11 is 14.9. The smallest absolute Gasteiger partial charge is 0.751 e. The van der Waals surface area contributed by atoms with Crippen LogP contribution in [0.25, 0.3) is 0 Å². The summed E-state index contributed by atoms with van der Waals surface area (Å²) < 4.78 is -1.24. The van der Waals surface area contributed by atoms with Crippen molar-refractivity contribution in [2.45, 2.75) is 9.58 Å². The van der Waals surface area contributed by atoms with Crippen molar-refractivity contribution in [2.24, 2.45) is 0 Å².